The summed E-state index contributed by atoms with van der Waals surface area (Å²) in [7, 11) is 5.63. The Hall–Kier alpha value is -3.29. The molecule has 2 heterocycles. The number of benzene rings is 2. The fourth-order valence-electron chi connectivity index (χ4n) is 3.31. The summed E-state index contributed by atoms with van der Waals surface area (Å²) in [5, 5.41) is 9.84. The van der Waals surface area contributed by atoms with Gasteiger partial charge in [0, 0.05) is 23.7 Å². The van der Waals surface area contributed by atoms with E-state index in [1.807, 2.05) is 68.4 Å². The van der Waals surface area contributed by atoms with Gasteiger partial charge in [0.15, 0.2) is 0 Å². The first-order valence-corrected chi connectivity index (χ1v) is 10.6. The number of fused-ring (bicyclic) bond motifs is 2. The summed E-state index contributed by atoms with van der Waals surface area (Å²) in [5.41, 5.74) is 4.74. The van der Waals surface area contributed by atoms with Crippen molar-refractivity contribution in [3.63, 3.8) is 0 Å². The van der Waals surface area contributed by atoms with Gasteiger partial charge in [0.05, 0.1) is 34.4 Å². The first-order chi connectivity index (χ1) is 15.5. The van der Waals surface area contributed by atoms with Gasteiger partial charge in [0.2, 0.25) is 5.71 Å². The Bertz CT molecular complexity index is 1270. The van der Waals surface area contributed by atoms with E-state index in [0.29, 0.717) is 17.3 Å². The van der Waals surface area contributed by atoms with Crippen molar-refractivity contribution in [1.29, 1.82) is 0 Å². The molecule has 0 fully saturated rings. The number of likely N-dealkylation sites (N-methyl/N-ethyl adjacent to an activating group) is 1. The summed E-state index contributed by atoms with van der Waals surface area (Å²) in [5.74, 6) is 0.722. The maximum absolute atomic E-state index is 6.42. The Balaban J connectivity index is 1.63. The zero-order valence-electron chi connectivity index (χ0n) is 18.5. The molecule has 4 aromatic rings. The molecule has 2 aromatic heterocycles. The Kier molecular flexibility index (Phi) is 6.48. The number of furan rings is 1. The first-order valence-electron chi connectivity index (χ1n) is 10.2. The van der Waals surface area contributed by atoms with Crippen LogP contribution in [0, 0.1) is 0 Å². The van der Waals surface area contributed by atoms with E-state index in [1.54, 1.807) is 7.11 Å². The third-order valence-electron chi connectivity index (χ3n) is 5.08. The van der Waals surface area contributed by atoms with Gasteiger partial charge in [0.25, 0.3) is 0 Å². The third kappa shape index (κ3) is 4.64. The summed E-state index contributed by atoms with van der Waals surface area (Å²) >= 11 is 6.42. The third-order valence-corrected chi connectivity index (χ3v) is 5.35. The molecule has 0 atom stereocenters. The largest absolute Gasteiger partial charge is 0.497 e. The smallest absolute Gasteiger partial charge is 0.230 e. The summed E-state index contributed by atoms with van der Waals surface area (Å²) in [4.78, 5) is 12.0. The van der Waals surface area contributed by atoms with Gasteiger partial charge in [-0.3, -0.25) is 0 Å². The van der Waals surface area contributed by atoms with Crippen LogP contribution < -0.4 is 10.1 Å². The molecule has 32 heavy (non-hydrogen) atoms. The van der Waals surface area contributed by atoms with E-state index in [1.165, 1.54) is 6.26 Å². The molecule has 0 saturated carbocycles. The molecule has 8 heteroatoms. The van der Waals surface area contributed by atoms with Crippen LogP contribution in [-0.2, 0) is 4.84 Å². The van der Waals surface area contributed by atoms with Gasteiger partial charge in [-0.25, -0.2) is 4.98 Å². The Morgan fingerprint density at radius 2 is 1.97 bits per heavy atom. The van der Waals surface area contributed by atoms with Gasteiger partial charge in [-0.15, -0.1) is 0 Å². The summed E-state index contributed by atoms with van der Waals surface area (Å²) in [6.45, 7) is 3.29. The highest BCUT2D eigenvalue weighted by molar-refractivity contribution is 6.37. The second-order valence-electron chi connectivity index (χ2n) is 7.65. The number of rotatable bonds is 8. The number of hydrogen-bond acceptors (Lipinski definition) is 7. The van der Waals surface area contributed by atoms with E-state index >= 15 is 0 Å². The lowest BCUT2D eigenvalue weighted by Gasteiger charge is -2.13. The number of hydrogen-bond donors (Lipinski definition) is 1. The van der Waals surface area contributed by atoms with Crippen LogP contribution in [0.5, 0.6) is 5.75 Å². The highest BCUT2D eigenvalue weighted by Crippen LogP contribution is 2.39. The highest BCUT2D eigenvalue weighted by Gasteiger charge is 2.16. The van der Waals surface area contributed by atoms with Crippen LogP contribution in [0.15, 0.2) is 58.3 Å². The van der Waals surface area contributed by atoms with E-state index in [0.717, 1.165) is 51.2 Å². The molecule has 0 aliphatic carbocycles. The fraction of sp³-hybridized carbons (Fsp3) is 0.250. The SMILES string of the molecule is COc1ccc2c(Nc3ccc(/C(C)=N/OCCN(C)C)cc3)c3c(Cl)coc3nc2c1. The van der Waals surface area contributed by atoms with Crippen LogP contribution >= 0.6 is 11.6 Å². The lowest BCUT2D eigenvalue weighted by atomic mass is 10.1. The van der Waals surface area contributed by atoms with Crippen molar-refractivity contribution in [2.45, 2.75) is 6.92 Å². The van der Waals surface area contributed by atoms with Crippen molar-refractivity contribution in [2.24, 2.45) is 5.16 Å². The van der Waals surface area contributed by atoms with Crippen molar-refractivity contribution >= 4 is 50.7 Å². The quantitative estimate of drug-likeness (QED) is 0.210. The maximum atomic E-state index is 6.42. The van der Waals surface area contributed by atoms with Crippen molar-refractivity contribution in [3.05, 3.63) is 59.3 Å². The number of methoxy groups -OCH3 is 1. The standard InChI is InChI=1S/C24H25ClN4O3/c1-15(28-32-12-11-29(2)3)16-5-7-17(8-6-16)26-23-19-10-9-18(30-4)13-21(19)27-24-22(23)20(25)14-31-24/h5-10,13-14H,11-12H2,1-4H3,(H,26,27)/b28-15+. The minimum absolute atomic E-state index is 0.465. The van der Waals surface area contributed by atoms with E-state index in [2.05, 4.69) is 15.5 Å². The Labute approximate surface area is 191 Å². The van der Waals surface area contributed by atoms with Crippen molar-refractivity contribution in [3.8, 4) is 5.75 Å². The number of nitrogens with zero attached hydrogens (tertiary/aromatic N) is 3. The number of nitrogens with one attached hydrogen (secondary N) is 1. The van der Waals surface area contributed by atoms with Crippen LogP contribution in [0.3, 0.4) is 0 Å². The predicted octanol–water partition coefficient (Wildman–Crippen LogP) is 5.69. The molecule has 1 N–H and O–H groups in total. The van der Waals surface area contributed by atoms with Gasteiger partial charge in [0.1, 0.15) is 18.6 Å². The lowest BCUT2D eigenvalue weighted by Crippen LogP contribution is -2.17. The van der Waals surface area contributed by atoms with Crippen molar-refractivity contribution in [2.75, 3.05) is 39.7 Å². The molecule has 4 rings (SSSR count). The molecule has 0 bridgehead atoms. The molecule has 0 radical (unpaired) electrons. The van der Waals surface area contributed by atoms with Gasteiger partial charge in [-0.1, -0.05) is 28.9 Å². The van der Waals surface area contributed by atoms with Crippen LogP contribution in [0.4, 0.5) is 11.4 Å². The molecule has 7 nitrogen and oxygen atoms in total. The summed E-state index contributed by atoms with van der Waals surface area (Å²) in [6, 6.07) is 13.7. The second-order valence-corrected chi connectivity index (χ2v) is 8.06. The van der Waals surface area contributed by atoms with Crippen LogP contribution in [-0.4, -0.2) is 50.0 Å². The summed E-state index contributed by atoms with van der Waals surface area (Å²) < 4.78 is 10.9. The van der Waals surface area contributed by atoms with E-state index in [-0.39, 0.29) is 0 Å². The highest BCUT2D eigenvalue weighted by atomic mass is 35.5. The predicted molar refractivity (Wildman–Crippen MR) is 130 cm³/mol. The topological polar surface area (TPSA) is 72.1 Å². The molecular formula is C24H25ClN4O3. The summed E-state index contributed by atoms with van der Waals surface area (Å²) in [6.07, 6.45) is 1.50. The van der Waals surface area contributed by atoms with Crippen molar-refractivity contribution < 1.29 is 14.0 Å². The average Bonchev–Trinajstić information content (AvgIpc) is 3.16. The number of ether oxygens (including phenoxy) is 1. The molecule has 0 aliphatic rings. The first kappa shape index (κ1) is 21.9. The zero-order valence-corrected chi connectivity index (χ0v) is 19.2. The average molecular weight is 453 g/mol. The van der Waals surface area contributed by atoms with Crippen LogP contribution in [0.1, 0.15) is 12.5 Å². The number of anilines is 2. The minimum atomic E-state index is 0.465. The molecule has 2 aromatic carbocycles. The van der Waals surface area contributed by atoms with Gasteiger partial charge < -0.3 is 24.2 Å². The van der Waals surface area contributed by atoms with E-state index in [4.69, 9.17) is 25.6 Å². The van der Waals surface area contributed by atoms with Crippen molar-refractivity contribution in [1.82, 2.24) is 9.88 Å². The number of halogens is 1. The maximum Gasteiger partial charge on any atom is 0.230 e. The van der Waals surface area contributed by atoms with Crippen LogP contribution in [0.25, 0.3) is 22.0 Å². The minimum Gasteiger partial charge on any atom is -0.497 e. The molecule has 0 saturated heterocycles. The normalized spacial score (nSPS) is 12.0. The number of aromatic nitrogens is 1. The fourth-order valence-corrected chi connectivity index (χ4v) is 3.53. The molecule has 166 valence electrons. The molecular weight excluding hydrogens is 428 g/mol. The zero-order chi connectivity index (χ0) is 22.7. The van der Waals surface area contributed by atoms with Gasteiger partial charge >= 0.3 is 0 Å². The van der Waals surface area contributed by atoms with E-state index in [9.17, 15) is 0 Å². The molecule has 0 aliphatic heterocycles. The van der Waals surface area contributed by atoms with E-state index < -0.39 is 0 Å². The van der Waals surface area contributed by atoms with Gasteiger partial charge in [-0.05, 0) is 50.8 Å². The monoisotopic (exact) mass is 452 g/mol. The molecule has 0 unspecified atom stereocenters. The van der Waals surface area contributed by atoms with Crippen LogP contribution in [0.2, 0.25) is 5.02 Å². The molecule has 0 amide bonds. The Morgan fingerprint density at radius 1 is 1.19 bits per heavy atom. The number of pyridine rings is 1. The second kappa shape index (κ2) is 9.46. The lowest BCUT2D eigenvalue weighted by molar-refractivity contribution is 0.126. The molecule has 0 spiro atoms. The Morgan fingerprint density at radius 3 is 2.69 bits per heavy atom. The number of oxime groups is 1. The van der Waals surface area contributed by atoms with Gasteiger partial charge in [-0.2, -0.15) is 0 Å².